The monoisotopic (exact) mass is 699 g/mol. The van der Waals surface area contributed by atoms with Gasteiger partial charge in [0, 0.05) is 18.5 Å². The summed E-state index contributed by atoms with van der Waals surface area (Å²) >= 11 is 6.38. The van der Waals surface area contributed by atoms with Crippen LogP contribution < -0.4 is 9.62 Å². The third-order valence-electron chi connectivity index (χ3n) is 7.36. The molecule has 0 radical (unpaired) electrons. The van der Waals surface area contributed by atoms with Crippen LogP contribution in [0.3, 0.4) is 0 Å². The largest absolute Gasteiger partial charge is 0.416 e. The van der Waals surface area contributed by atoms with E-state index in [-0.39, 0.29) is 22.9 Å². The average Bonchev–Trinajstić information content (AvgIpc) is 3.01. The Labute approximate surface area is 284 Å². The number of halogens is 4. The molecule has 0 heterocycles. The predicted molar refractivity (Wildman–Crippen MR) is 181 cm³/mol. The van der Waals surface area contributed by atoms with Crippen LogP contribution in [-0.2, 0) is 38.8 Å². The summed E-state index contributed by atoms with van der Waals surface area (Å²) in [5.41, 5.74) is -0.0626. The molecule has 0 bridgehead atoms. The number of carbonyl (C=O) groups excluding carboxylic acids is 2. The number of nitrogens with zero attached hydrogens (tertiary/aromatic N) is 2. The summed E-state index contributed by atoms with van der Waals surface area (Å²) in [6.07, 6.45) is -4.75. The number of anilines is 1. The second-order valence-corrected chi connectivity index (χ2v) is 14.7. The second kappa shape index (κ2) is 14.8. The van der Waals surface area contributed by atoms with Crippen molar-refractivity contribution in [3.05, 3.63) is 130 Å². The van der Waals surface area contributed by atoms with E-state index in [0.29, 0.717) is 15.9 Å². The van der Waals surface area contributed by atoms with Crippen molar-refractivity contribution in [2.24, 2.45) is 0 Å². The highest BCUT2D eigenvalue weighted by Gasteiger charge is 2.38. The molecular formula is C36H37ClF3N3O4S. The Morgan fingerprint density at radius 2 is 1.44 bits per heavy atom. The number of alkyl halides is 3. The van der Waals surface area contributed by atoms with Crippen LogP contribution >= 0.6 is 11.6 Å². The van der Waals surface area contributed by atoms with E-state index in [1.807, 2.05) is 25.1 Å². The molecule has 4 rings (SSSR count). The molecule has 0 saturated carbocycles. The molecular weight excluding hydrogens is 663 g/mol. The highest BCUT2D eigenvalue weighted by atomic mass is 35.5. The first-order chi connectivity index (χ1) is 22.5. The molecule has 0 fully saturated rings. The fourth-order valence-electron chi connectivity index (χ4n) is 5.13. The maximum absolute atomic E-state index is 14.6. The number of rotatable bonds is 11. The van der Waals surface area contributed by atoms with E-state index in [1.165, 1.54) is 29.2 Å². The molecule has 0 aliphatic carbocycles. The van der Waals surface area contributed by atoms with Gasteiger partial charge in [-0.1, -0.05) is 90.0 Å². The van der Waals surface area contributed by atoms with Crippen LogP contribution in [0.25, 0.3) is 0 Å². The second-order valence-electron chi connectivity index (χ2n) is 12.4. The molecule has 48 heavy (non-hydrogen) atoms. The van der Waals surface area contributed by atoms with Crippen LogP contribution in [-0.4, -0.2) is 43.3 Å². The molecule has 0 aliphatic rings. The Balaban J connectivity index is 1.88. The van der Waals surface area contributed by atoms with Crippen molar-refractivity contribution in [1.29, 1.82) is 0 Å². The minimum absolute atomic E-state index is 0.0794. The molecule has 7 nitrogen and oxygen atoms in total. The fraction of sp³-hybridized carbons (Fsp3) is 0.278. The lowest BCUT2D eigenvalue weighted by atomic mass is 10.0. The quantitative estimate of drug-likeness (QED) is 0.177. The van der Waals surface area contributed by atoms with Crippen molar-refractivity contribution in [2.75, 3.05) is 10.8 Å². The third-order valence-corrected chi connectivity index (χ3v) is 9.45. The van der Waals surface area contributed by atoms with E-state index < -0.39 is 57.4 Å². The Morgan fingerprint density at radius 1 is 0.833 bits per heavy atom. The lowest BCUT2D eigenvalue weighted by Gasteiger charge is -2.35. The van der Waals surface area contributed by atoms with Gasteiger partial charge in [-0.3, -0.25) is 13.9 Å². The number of aryl methyl sites for hydroxylation is 1. The van der Waals surface area contributed by atoms with Crippen molar-refractivity contribution >= 4 is 39.1 Å². The first kappa shape index (κ1) is 36.5. The summed E-state index contributed by atoms with van der Waals surface area (Å²) < 4.78 is 70.4. The minimum atomic E-state index is -4.82. The van der Waals surface area contributed by atoms with Gasteiger partial charge in [0.05, 0.1) is 21.2 Å². The van der Waals surface area contributed by atoms with Crippen LogP contribution in [0.15, 0.2) is 108 Å². The summed E-state index contributed by atoms with van der Waals surface area (Å²) in [5.74, 6) is -1.31. The highest BCUT2D eigenvalue weighted by Crippen LogP contribution is 2.37. The SMILES string of the molecule is Cc1cccc(CN(C(=O)CN(c2cc(C(F)(F)F)ccc2Cl)S(=O)(=O)c2ccccc2)[C@H](Cc2ccccc2)C(=O)NC(C)(C)C)c1. The van der Waals surface area contributed by atoms with Crippen LogP contribution in [0.4, 0.5) is 18.9 Å². The van der Waals surface area contributed by atoms with Gasteiger partial charge in [0.1, 0.15) is 12.6 Å². The summed E-state index contributed by atoms with van der Waals surface area (Å²) in [5, 5.41) is 2.62. The molecule has 2 amide bonds. The molecule has 0 aromatic heterocycles. The Hall–Kier alpha value is -4.35. The van der Waals surface area contributed by atoms with Crippen LogP contribution in [0.5, 0.6) is 0 Å². The standard InChI is InChI=1S/C36H37ClF3N3O4S/c1-25-12-11-15-27(20-25)23-42(32(34(45)41-35(2,3)4)21-26-13-7-5-8-14-26)33(44)24-43(48(46,47)29-16-9-6-10-17-29)31-22-28(36(38,39)40)18-19-30(31)37/h5-20,22,32H,21,23-24H2,1-4H3,(H,41,45)/t32-/m1/s1. The lowest BCUT2D eigenvalue weighted by molar-refractivity contribution is -0.140. The zero-order valence-corrected chi connectivity index (χ0v) is 28.5. The molecule has 4 aromatic rings. The predicted octanol–water partition coefficient (Wildman–Crippen LogP) is 7.42. The average molecular weight is 700 g/mol. The van der Waals surface area contributed by atoms with E-state index in [1.54, 1.807) is 63.2 Å². The molecule has 1 N–H and O–H groups in total. The van der Waals surface area contributed by atoms with Crippen LogP contribution in [0.1, 0.15) is 43.0 Å². The first-order valence-electron chi connectivity index (χ1n) is 15.1. The van der Waals surface area contributed by atoms with Crippen molar-refractivity contribution in [3.8, 4) is 0 Å². The van der Waals surface area contributed by atoms with Crippen LogP contribution in [0, 0.1) is 6.92 Å². The molecule has 0 aliphatic heterocycles. The zero-order chi connectivity index (χ0) is 35.3. The number of hydrogen-bond acceptors (Lipinski definition) is 4. The molecule has 12 heteroatoms. The number of amides is 2. The van der Waals surface area contributed by atoms with Crippen molar-refractivity contribution in [1.82, 2.24) is 10.2 Å². The van der Waals surface area contributed by atoms with Gasteiger partial charge in [-0.05, 0) is 69.2 Å². The van der Waals surface area contributed by atoms with E-state index in [4.69, 9.17) is 11.6 Å². The normalized spacial score (nSPS) is 12.7. The molecule has 0 unspecified atom stereocenters. The van der Waals surface area contributed by atoms with Gasteiger partial charge in [-0.15, -0.1) is 0 Å². The number of carbonyl (C=O) groups is 2. The fourth-order valence-corrected chi connectivity index (χ4v) is 6.84. The number of benzene rings is 4. The van der Waals surface area contributed by atoms with Crippen molar-refractivity contribution in [2.45, 2.75) is 63.3 Å². The molecule has 1 atom stereocenters. The zero-order valence-electron chi connectivity index (χ0n) is 27.0. The third kappa shape index (κ3) is 9.38. The number of nitrogens with one attached hydrogen (secondary N) is 1. The lowest BCUT2D eigenvalue weighted by Crippen LogP contribution is -2.56. The minimum Gasteiger partial charge on any atom is -0.350 e. The molecule has 254 valence electrons. The van der Waals surface area contributed by atoms with Gasteiger partial charge in [0.25, 0.3) is 10.0 Å². The number of hydrogen-bond donors (Lipinski definition) is 1. The summed E-state index contributed by atoms with van der Waals surface area (Å²) in [6, 6.07) is 24.5. The van der Waals surface area contributed by atoms with Gasteiger partial charge < -0.3 is 10.2 Å². The van der Waals surface area contributed by atoms with E-state index in [0.717, 1.165) is 23.3 Å². The molecule has 4 aromatic carbocycles. The maximum Gasteiger partial charge on any atom is 0.416 e. The van der Waals surface area contributed by atoms with Gasteiger partial charge in [0.15, 0.2) is 0 Å². The van der Waals surface area contributed by atoms with E-state index >= 15 is 0 Å². The molecule has 0 spiro atoms. The highest BCUT2D eigenvalue weighted by molar-refractivity contribution is 7.92. The summed E-state index contributed by atoms with van der Waals surface area (Å²) in [4.78, 5) is 29.5. The van der Waals surface area contributed by atoms with Gasteiger partial charge in [-0.25, -0.2) is 8.42 Å². The summed E-state index contributed by atoms with van der Waals surface area (Å²) in [7, 11) is -4.65. The summed E-state index contributed by atoms with van der Waals surface area (Å²) in [6.45, 7) is 6.21. The Morgan fingerprint density at radius 3 is 2.02 bits per heavy atom. The molecule has 0 saturated heterocycles. The topological polar surface area (TPSA) is 86.8 Å². The first-order valence-corrected chi connectivity index (χ1v) is 16.9. The van der Waals surface area contributed by atoms with Gasteiger partial charge >= 0.3 is 6.18 Å². The maximum atomic E-state index is 14.6. The van der Waals surface area contributed by atoms with Crippen molar-refractivity contribution < 1.29 is 31.2 Å². The van der Waals surface area contributed by atoms with Gasteiger partial charge in [-0.2, -0.15) is 13.2 Å². The van der Waals surface area contributed by atoms with Crippen LogP contribution in [0.2, 0.25) is 5.02 Å². The van der Waals surface area contributed by atoms with Gasteiger partial charge in [0.2, 0.25) is 11.8 Å². The Kier molecular flexibility index (Phi) is 11.3. The smallest absolute Gasteiger partial charge is 0.350 e. The number of sulfonamides is 1. The Bertz CT molecular complexity index is 1850. The van der Waals surface area contributed by atoms with E-state index in [2.05, 4.69) is 5.32 Å². The van der Waals surface area contributed by atoms with E-state index in [9.17, 15) is 31.2 Å². The van der Waals surface area contributed by atoms with Crippen molar-refractivity contribution in [3.63, 3.8) is 0 Å².